The standard InChI is InChI=1S/C16H18ClN3S/c1-2-12(18)7-11-9-20(10-13-8-19-16(17)21-13)15-6-4-3-5-14(11)15/h3-6,8-9,12H,2,7,10,18H2,1H3. The number of hydrogen-bond acceptors (Lipinski definition) is 3. The molecule has 3 rings (SSSR count). The maximum atomic E-state index is 6.13. The summed E-state index contributed by atoms with van der Waals surface area (Å²) in [5.74, 6) is 0. The predicted octanol–water partition coefficient (Wildman–Crippen LogP) is 4.08. The van der Waals surface area contributed by atoms with Gasteiger partial charge in [-0.15, -0.1) is 11.3 Å². The Morgan fingerprint density at radius 1 is 1.38 bits per heavy atom. The fourth-order valence-electron chi connectivity index (χ4n) is 2.57. The van der Waals surface area contributed by atoms with E-state index in [9.17, 15) is 0 Å². The van der Waals surface area contributed by atoms with Crippen LogP contribution in [-0.4, -0.2) is 15.6 Å². The maximum absolute atomic E-state index is 6.13. The molecule has 110 valence electrons. The Morgan fingerprint density at radius 2 is 2.19 bits per heavy atom. The summed E-state index contributed by atoms with van der Waals surface area (Å²) < 4.78 is 2.85. The normalized spacial score (nSPS) is 12.9. The first-order valence-electron chi connectivity index (χ1n) is 7.10. The second-order valence-electron chi connectivity index (χ2n) is 5.25. The minimum Gasteiger partial charge on any atom is -0.342 e. The number of halogens is 1. The van der Waals surface area contributed by atoms with E-state index >= 15 is 0 Å². The number of para-hydroxylation sites is 1. The van der Waals surface area contributed by atoms with Crippen molar-refractivity contribution in [3.63, 3.8) is 0 Å². The minimum absolute atomic E-state index is 0.210. The van der Waals surface area contributed by atoms with E-state index < -0.39 is 0 Å². The van der Waals surface area contributed by atoms with Gasteiger partial charge in [0.2, 0.25) is 0 Å². The molecular weight excluding hydrogens is 302 g/mol. The average Bonchev–Trinajstić information content (AvgIpc) is 3.04. The molecule has 0 aliphatic rings. The van der Waals surface area contributed by atoms with Gasteiger partial charge >= 0.3 is 0 Å². The molecule has 0 radical (unpaired) electrons. The molecule has 0 saturated heterocycles. The van der Waals surface area contributed by atoms with Crippen molar-refractivity contribution in [1.82, 2.24) is 9.55 Å². The van der Waals surface area contributed by atoms with Gasteiger partial charge < -0.3 is 10.3 Å². The van der Waals surface area contributed by atoms with Crippen LogP contribution in [-0.2, 0) is 13.0 Å². The molecule has 0 aliphatic heterocycles. The molecule has 2 N–H and O–H groups in total. The Balaban J connectivity index is 1.98. The van der Waals surface area contributed by atoms with Crippen LogP contribution in [0.1, 0.15) is 23.8 Å². The summed E-state index contributed by atoms with van der Waals surface area (Å²) in [4.78, 5) is 5.27. The minimum atomic E-state index is 0.210. The van der Waals surface area contributed by atoms with Gasteiger partial charge in [-0.3, -0.25) is 0 Å². The first kappa shape index (κ1) is 14.6. The van der Waals surface area contributed by atoms with Crippen LogP contribution in [0.15, 0.2) is 36.7 Å². The Labute approximate surface area is 133 Å². The van der Waals surface area contributed by atoms with E-state index in [0.717, 1.165) is 24.3 Å². The van der Waals surface area contributed by atoms with Crippen LogP contribution in [0.25, 0.3) is 10.9 Å². The van der Waals surface area contributed by atoms with E-state index in [0.29, 0.717) is 4.47 Å². The third kappa shape index (κ3) is 3.12. The van der Waals surface area contributed by atoms with Crippen LogP contribution in [0.4, 0.5) is 0 Å². The molecule has 2 aromatic heterocycles. The fraction of sp³-hybridized carbons (Fsp3) is 0.312. The fourth-order valence-corrected chi connectivity index (χ4v) is 3.54. The van der Waals surface area contributed by atoms with Crippen LogP contribution < -0.4 is 5.73 Å². The van der Waals surface area contributed by atoms with Crippen molar-refractivity contribution < 1.29 is 0 Å². The number of benzene rings is 1. The Bertz CT molecular complexity index is 747. The molecule has 0 spiro atoms. The van der Waals surface area contributed by atoms with Crippen LogP contribution in [0, 0.1) is 0 Å². The zero-order valence-corrected chi connectivity index (χ0v) is 13.5. The summed E-state index contributed by atoms with van der Waals surface area (Å²) in [6, 6.07) is 8.68. The zero-order chi connectivity index (χ0) is 14.8. The first-order valence-corrected chi connectivity index (χ1v) is 8.29. The largest absolute Gasteiger partial charge is 0.342 e. The van der Waals surface area contributed by atoms with Gasteiger partial charge in [0.1, 0.15) is 0 Å². The van der Waals surface area contributed by atoms with Crippen LogP contribution in [0.5, 0.6) is 0 Å². The van der Waals surface area contributed by atoms with E-state index in [1.54, 1.807) is 0 Å². The summed E-state index contributed by atoms with van der Waals surface area (Å²) in [5.41, 5.74) is 8.68. The van der Waals surface area contributed by atoms with Gasteiger partial charge in [-0.2, -0.15) is 0 Å². The summed E-state index contributed by atoms with van der Waals surface area (Å²) in [5, 5.41) is 1.29. The Morgan fingerprint density at radius 3 is 2.90 bits per heavy atom. The van der Waals surface area contributed by atoms with Gasteiger partial charge in [0, 0.05) is 34.2 Å². The van der Waals surface area contributed by atoms with Gasteiger partial charge in [-0.1, -0.05) is 36.7 Å². The molecule has 1 aromatic carbocycles. The molecular formula is C16H18ClN3S. The number of aromatic nitrogens is 2. The van der Waals surface area contributed by atoms with Gasteiger partial charge in [0.05, 0.1) is 6.54 Å². The highest BCUT2D eigenvalue weighted by Gasteiger charge is 2.11. The quantitative estimate of drug-likeness (QED) is 0.770. The van der Waals surface area contributed by atoms with E-state index in [-0.39, 0.29) is 6.04 Å². The highest BCUT2D eigenvalue weighted by Crippen LogP contribution is 2.25. The highest BCUT2D eigenvalue weighted by molar-refractivity contribution is 7.15. The monoisotopic (exact) mass is 319 g/mol. The molecule has 2 heterocycles. The SMILES string of the molecule is CCC(N)Cc1cn(Cc2cnc(Cl)s2)c2ccccc12. The third-order valence-electron chi connectivity index (χ3n) is 3.73. The number of hydrogen-bond donors (Lipinski definition) is 1. The predicted molar refractivity (Wildman–Crippen MR) is 90.1 cm³/mol. The lowest BCUT2D eigenvalue weighted by atomic mass is 10.0. The second-order valence-corrected chi connectivity index (χ2v) is 6.95. The maximum Gasteiger partial charge on any atom is 0.183 e. The van der Waals surface area contributed by atoms with E-state index in [2.05, 4.69) is 46.9 Å². The number of thiazole rings is 1. The van der Waals surface area contributed by atoms with Crippen molar-refractivity contribution in [3.05, 3.63) is 51.6 Å². The molecule has 1 unspecified atom stereocenters. The lowest BCUT2D eigenvalue weighted by Gasteiger charge is -2.06. The van der Waals surface area contributed by atoms with Crippen LogP contribution >= 0.6 is 22.9 Å². The van der Waals surface area contributed by atoms with Gasteiger partial charge in [0.25, 0.3) is 0 Å². The summed E-state index contributed by atoms with van der Waals surface area (Å²) in [7, 11) is 0. The van der Waals surface area contributed by atoms with Gasteiger partial charge in [-0.05, 0) is 24.5 Å². The van der Waals surface area contributed by atoms with Crippen molar-refractivity contribution >= 4 is 33.8 Å². The molecule has 0 aliphatic carbocycles. The molecule has 3 nitrogen and oxygen atoms in total. The molecule has 0 fully saturated rings. The molecule has 21 heavy (non-hydrogen) atoms. The number of rotatable bonds is 5. The molecule has 5 heteroatoms. The van der Waals surface area contributed by atoms with Crippen LogP contribution in [0.3, 0.4) is 0 Å². The van der Waals surface area contributed by atoms with E-state index in [4.69, 9.17) is 17.3 Å². The summed E-state index contributed by atoms with van der Waals surface area (Å²) >= 11 is 7.45. The van der Waals surface area contributed by atoms with Crippen molar-refractivity contribution in [2.45, 2.75) is 32.4 Å². The number of fused-ring (bicyclic) bond motifs is 1. The Kier molecular flexibility index (Phi) is 4.29. The first-order chi connectivity index (χ1) is 10.2. The summed E-state index contributed by atoms with van der Waals surface area (Å²) in [6.45, 7) is 2.93. The number of nitrogens with two attached hydrogens (primary N) is 1. The average molecular weight is 320 g/mol. The molecule has 1 atom stereocenters. The molecule has 0 saturated carbocycles. The van der Waals surface area contributed by atoms with Crippen molar-refractivity contribution in [3.8, 4) is 0 Å². The molecule has 3 aromatic rings. The smallest absolute Gasteiger partial charge is 0.183 e. The molecule has 0 bridgehead atoms. The van der Waals surface area contributed by atoms with E-state index in [1.165, 1.54) is 27.8 Å². The lowest BCUT2D eigenvalue weighted by Crippen LogP contribution is -2.21. The second kappa shape index (κ2) is 6.18. The van der Waals surface area contributed by atoms with E-state index in [1.807, 2.05) is 6.20 Å². The highest BCUT2D eigenvalue weighted by atomic mass is 35.5. The van der Waals surface area contributed by atoms with Crippen molar-refractivity contribution in [2.24, 2.45) is 5.73 Å². The van der Waals surface area contributed by atoms with Crippen molar-refractivity contribution in [1.29, 1.82) is 0 Å². The van der Waals surface area contributed by atoms with Crippen molar-refractivity contribution in [2.75, 3.05) is 0 Å². The van der Waals surface area contributed by atoms with Gasteiger partial charge in [-0.25, -0.2) is 4.98 Å². The lowest BCUT2D eigenvalue weighted by molar-refractivity contribution is 0.647. The van der Waals surface area contributed by atoms with Crippen LogP contribution in [0.2, 0.25) is 4.47 Å². The van der Waals surface area contributed by atoms with Gasteiger partial charge in [0.15, 0.2) is 4.47 Å². The molecule has 0 amide bonds. The number of nitrogens with zero attached hydrogens (tertiary/aromatic N) is 2. The third-order valence-corrected chi connectivity index (χ3v) is 4.83. The zero-order valence-electron chi connectivity index (χ0n) is 11.9. The topological polar surface area (TPSA) is 43.8 Å². The Hall–Kier alpha value is -1.36. The summed E-state index contributed by atoms with van der Waals surface area (Å²) in [6.07, 6.45) is 5.96.